The highest BCUT2D eigenvalue weighted by atomic mass is 79.9. The second-order valence-corrected chi connectivity index (χ2v) is 5.86. The Morgan fingerprint density at radius 3 is 3.05 bits per heavy atom. The summed E-state index contributed by atoms with van der Waals surface area (Å²) in [6.45, 7) is 0.756. The predicted molar refractivity (Wildman–Crippen MR) is 78.6 cm³/mol. The number of rotatable bonds is 3. The van der Waals surface area contributed by atoms with Crippen molar-refractivity contribution in [3.63, 3.8) is 0 Å². The van der Waals surface area contributed by atoms with Crippen LogP contribution < -0.4 is 14.8 Å². The summed E-state index contributed by atoms with van der Waals surface area (Å²) in [5.41, 5.74) is 1.00. The summed E-state index contributed by atoms with van der Waals surface area (Å²) in [5, 5.41) is 3.00. The normalized spacial score (nSPS) is 19.9. The first-order chi connectivity index (χ1) is 9.74. The van der Waals surface area contributed by atoms with E-state index in [0.717, 1.165) is 40.8 Å². The molecule has 0 radical (unpaired) electrons. The molecule has 1 unspecified atom stereocenters. The Hall–Kier alpha value is -1.49. The molecule has 1 aromatic carbocycles. The van der Waals surface area contributed by atoms with Gasteiger partial charge in [0.05, 0.1) is 4.47 Å². The Morgan fingerprint density at radius 1 is 1.35 bits per heavy atom. The van der Waals surface area contributed by atoms with Gasteiger partial charge in [-0.05, 0) is 52.9 Å². The van der Waals surface area contributed by atoms with E-state index in [9.17, 15) is 4.79 Å². The number of fused-ring (bicyclic) bond motifs is 1. The molecule has 0 aromatic heterocycles. The van der Waals surface area contributed by atoms with Gasteiger partial charge in [-0.15, -0.1) is 0 Å². The summed E-state index contributed by atoms with van der Waals surface area (Å²) in [6, 6.07) is 3.86. The molecule has 1 N–H and O–H groups in total. The van der Waals surface area contributed by atoms with E-state index in [-0.39, 0.29) is 18.6 Å². The molecule has 20 heavy (non-hydrogen) atoms. The lowest BCUT2D eigenvalue weighted by Gasteiger charge is -2.17. The molecule has 0 saturated carbocycles. The maximum Gasteiger partial charge on any atom is 0.231 e. The van der Waals surface area contributed by atoms with Crippen molar-refractivity contribution >= 4 is 21.8 Å². The highest BCUT2D eigenvalue weighted by Crippen LogP contribution is 2.39. The number of hydrogen-bond donors (Lipinski definition) is 1. The summed E-state index contributed by atoms with van der Waals surface area (Å²) < 4.78 is 11.6. The second kappa shape index (κ2) is 5.87. The molecule has 1 aliphatic carbocycles. The van der Waals surface area contributed by atoms with Gasteiger partial charge >= 0.3 is 0 Å². The molecule has 5 heteroatoms. The van der Waals surface area contributed by atoms with Crippen molar-refractivity contribution in [3.05, 3.63) is 34.3 Å². The lowest BCUT2D eigenvalue weighted by Crippen LogP contribution is -2.30. The van der Waals surface area contributed by atoms with Crippen LogP contribution in [0.15, 0.2) is 28.8 Å². The Bertz CT molecular complexity index is 556. The molecule has 3 rings (SSSR count). The zero-order valence-corrected chi connectivity index (χ0v) is 12.6. The highest BCUT2D eigenvalue weighted by Gasteiger charge is 2.20. The van der Waals surface area contributed by atoms with Gasteiger partial charge in [0.15, 0.2) is 11.5 Å². The van der Waals surface area contributed by atoms with Crippen molar-refractivity contribution in [1.82, 2.24) is 5.32 Å². The van der Waals surface area contributed by atoms with Crippen LogP contribution in [0, 0.1) is 5.92 Å². The van der Waals surface area contributed by atoms with Gasteiger partial charge in [0.25, 0.3) is 0 Å². The molecule has 0 saturated heterocycles. The van der Waals surface area contributed by atoms with Crippen LogP contribution in [0.2, 0.25) is 0 Å². The van der Waals surface area contributed by atoms with Crippen LogP contribution in [-0.4, -0.2) is 12.7 Å². The van der Waals surface area contributed by atoms with E-state index in [1.165, 1.54) is 0 Å². The molecule has 4 nitrogen and oxygen atoms in total. The third-order valence-corrected chi connectivity index (χ3v) is 4.18. The van der Waals surface area contributed by atoms with Gasteiger partial charge < -0.3 is 14.8 Å². The third-order valence-electron chi connectivity index (χ3n) is 3.59. The molecule has 2 aliphatic rings. The average Bonchev–Trinajstić information content (AvgIpc) is 2.94. The molecular weight excluding hydrogens is 322 g/mol. The number of nitrogens with one attached hydrogen (secondary N) is 1. The van der Waals surface area contributed by atoms with Crippen LogP contribution in [-0.2, 0) is 11.3 Å². The van der Waals surface area contributed by atoms with E-state index in [4.69, 9.17) is 9.47 Å². The minimum atomic E-state index is 0.109. The fraction of sp³-hybridized carbons (Fsp3) is 0.400. The van der Waals surface area contributed by atoms with Crippen LogP contribution in [0.25, 0.3) is 0 Å². The summed E-state index contributed by atoms with van der Waals surface area (Å²) in [7, 11) is 0. The van der Waals surface area contributed by atoms with Gasteiger partial charge in [-0.25, -0.2) is 0 Å². The standard InChI is InChI=1S/C15H16BrNO3/c16-12-6-10(7-13-14(12)20-9-19-13)8-17-15(18)11-4-2-1-3-5-11/h1-2,6-7,11H,3-5,8-9H2,(H,17,18). The van der Waals surface area contributed by atoms with Crippen molar-refractivity contribution in [3.8, 4) is 11.5 Å². The molecular formula is C15H16BrNO3. The zero-order chi connectivity index (χ0) is 13.9. The van der Waals surface area contributed by atoms with E-state index in [2.05, 4.69) is 33.4 Å². The lowest BCUT2D eigenvalue weighted by atomic mass is 9.93. The number of carbonyl (C=O) groups is 1. The Morgan fingerprint density at radius 2 is 2.25 bits per heavy atom. The molecule has 1 amide bonds. The van der Waals surface area contributed by atoms with Crippen molar-refractivity contribution in [2.45, 2.75) is 25.8 Å². The van der Waals surface area contributed by atoms with Crippen LogP contribution in [0.5, 0.6) is 11.5 Å². The van der Waals surface area contributed by atoms with Crippen molar-refractivity contribution < 1.29 is 14.3 Å². The molecule has 1 atom stereocenters. The lowest BCUT2D eigenvalue weighted by molar-refractivity contribution is -0.125. The second-order valence-electron chi connectivity index (χ2n) is 5.01. The maximum absolute atomic E-state index is 12.1. The molecule has 0 bridgehead atoms. The predicted octanol–water partition coefficient (Wildman–Crippen LogP) is 3.15. The van der Waals surface area contributed by atoms with Crippen molar-refractivity contribution in [2.24, 2.45) is 5.92 Å². The summed E-state index contributed by atoms with van der Waals surface area (Å²) in [5.74, 6) is 1.70. The van der Waals surface area contributed by atoms with E-state index < -0.39 is 0 Å². The maximum atomic E-state index is 12.1. The first-order valence-electron chi connectivity index (χ1n) is 6.75. The van der Waals surface area contributed by atoms with Gasteiger partial charge in [0.1, 0.15) is 0 Å². The SMILES string of the molecule is O=C(NCc1cc(Br)c2c(c1)OCO2)C1CC=CCC1. The third kappa shape index (κ3) is 2.82. The number of hydrogen-bond acceptors (Lipinski definition) is 3. The molecule has 106 valence electrons. The highest BCUT2D eigenvalue weighted by molar-refractivity contribution is 9.10. The number of carbonyl (C=O) groups excluding carboxylic acids is 1. The Kier molecular flexibility index (Phi) is 3.96. The largest absolute Gasteiger partial charge is 0.454 e. The first kappa shape index (κ1) is 13.5. The van der Waals surface area contributed by atoms with Crippen LogP contribution in [0.3, 0.4) is 0 Å². The van der Waals surface area contributed by atoms with E-state index in [1.807, 2.05) is 12.1 Å². The van der Waals surface area contributed by atoms with Crippen LogP contribution in [0.4, 0.5) is 0 Å². The Labute approximate surface area is 126 Å². The number of benzene rings is 1. The summed E-state index contributed by atoms with van der Waals surface area (Å²) in [6.07, 6.45) is 7.00. The molecule has 1 heterocycles. The summed E-state index contributed by atoms with van der Waals surface area (Å²) >= 11 is 3.45. The van der Waals surface area contributed by atoms with Gasteiger partial charge in [0.2, 0.25) is 12.7 Å². The fourth-order valence-corrected chi connectivity index (χ4v) is 3.09. The van der Waals surface area contributed by atoms with E-state index >= 15 is 0 Å². The van der Waals surface area contributed by atoms with Crippen LogP contribution >= 0.6 is 15.9 Å². The van der Waals surface area contributed by atoms with Crippen molar-refractivity contribution in [2.75, 3.05) is 6.79 Å². The first-order valence-corrected chi connectivity index (χ1v) is 7.54. The van der Waals surface area contributed by atoms with Gasteiger partial charge in [-0.3, -0.25) is 4.79 Å². The van der Waals surface area contributed by atoms with Crippen LogP contribution in [0.1, 0.15) is 24.8 Å². The van der Waals surface area contributed by atoms with Gasteiger partial charge in [-0.2, -0.15) is 0 Å². The van der Waals surface area contributed by atoms with E-state index in [0.29, 0.717) is 6.54 Å². The molecule has 0 spiro atoms. The molecule has 1 aromatic rings. The minimum absolute atomic E-state index is 0.109. The number of halogens is 1. The number of allylic oxidation sites excluding steroid dienone is 2. The fourth-order valence-electron chi connectivity index (χ4n) is 2.49. The van der Waals surface area contributed by atoms with Crippen molar-refractivity contribution in [1.29, 1.82) is 0 Å². The van der Waals surface area contributed by atoms with E-state index in [1.54, 1.807) is 0 Å². The number of ether oxygens (including phenoxy) is 2. The smallest absolute Gasteiger partial charge is 0.231 e. The average molecular weight is 338 g/mol. The monoisotopic (exact) mass is 337 g/mol. The zero-order valence-electron chi connectivity index (χ0n) is 11.0. The minimum Gasteiger partial charge on any atom is -0.454 e. The van der Waals surface area contributed by atoms with Gasteiger partial charge in [0, 0.05) is 12.5 Å². The van der Waals surface area contributed by atoms with Gasteiger partial charge in [-0.1, -0.05) is 12.2 Å². The summed E-state index contributed by atoms with van der Waals surface area (Å²) in [4.78, 5) is 12.1. The molecule has 0 fully saturated rings. The number of amides is 1. The Balaban J connectivity index is 1.62. The topological polar surface area (TPSA) is 47.6 Å². The molecule has 1 aliphatic heterocycles. The quantitative estimate of drug-likeness (QED) is 0.862.